The van der Waals surface area contributed by atoms with E-state index in [-0.39, 0.29) is 18.5 Å². The summed E-state index contributed by atoms with van der Waals surface area (Å²) >= 11 is 2.23. The Balaban J connectivity index is 2.47. The first-order chi connectivity index (χ1) is 7.11. The van der Waals surface area contributed by atoms with Crippen molar-refractivity contribution >= 4 is 28.6 Å². The largest absolute Gasteiger partial charge is 0.490 e. The number of ether oxygens (including phenoxy) is 2. The topological polar surface area (TPSA) is 35.5 Å². The third-order valence-corrected chi connectivity index (χ3v) is 2.55. The number of benzene rings is 1. The zero-order valence-corrected chi connectivity index (χ0v) is 10.9. The Morgan fingerprint density at radius 1 is 1.40 bits per heavy atom. The molecule has 3 nitrogen and oxygen atoms in total. The van der Waals surface area contributed by atoms with E-state index in [2.05, 4.69) is 27.3 Å². The summed E-state index contributed by atoms with van der Waals surface area (Å²) in [6.45, 7) is 1.84. The summed E-state index contributed by atoms with van der Waals surface area (Å²) in [5.74, 6) is 0.514. The molecule has 1 unspecified atom stereocenters. The average molecular weight is 320 g/mol. The van der Waals surface area contributed by atoms with Crippen LogP contribution in [-0.4, -0.2) is 19.2 Å². The van der Waals surface area contributed by atoms with Crippen molar-refractivity contribution in [2.45, 2.75) is 19.4 Å². The molecule has 0 aliphatic heterocycles. The summed E-state index contributed by atoms with van der Waals surface area (Å²) in [6.07, 6.45) is 0.0974. The first-order valence-electron chi connectivity index (χ1n) is 4.61. The van der Waals surface area contributed by atoms with Crippen molar-refractivity contribution in [2.75, 3.05) is 7.11 Å². The lowest BCUT2D eigenvalue weighted by atomic mass is 10.3. The van der Waals surface area contributed by atoms with Gasteiger partial charge in [0.2, 0.25) is 0 Å². The molecule has 0 amide bonds. The molecular weight excluding hydrogens is 307 g/mol. The lowest BCUT2D eigenvalue weighted by molar-refractivity contribution is -0.142. The second-order valence-electron chi connectivity index (χ2n) is 3.16. The highest BCUT2D eigenvalue weighted by Crippen LogP contribution is 2.15. The normalized spacial score (nSPS) is 11.9. The van der Waals surface area contributed by atoms with Crippen LogP contribution < -0.4 is 4.74 Å². The summed E-state index contributed by atoms with van der Waals surface area (Å²) < 4.78 is 11.2. The predicted octanol–water partition coefficient (Wildman–Crippen LogP) is 2.62. The number of carbonyl (C=O) groups is 1. The van der Waals surface area contributed by atoms with Crippen molar-refractivity contribution in [3.05, 3.63) is 27.8 Å². The molecule has 4 heteroatoms. The van der Waals surface area contributed by atoms with E-state index in [1.165, 1.54) is 7.11 Å². The van der Waals surface area contributed by atoms with Gasteiger partial charge in [-0.3, -0.25) is 4.79 Å². The minimum absolute atomic E-state index is 0.169. The molecular formula is C11H13IO3. The first-order valence-corrected chi connectivity index (χ1v) is 5.68. The third-order valence-electron chi connectivity index (χ3n) is 1.83. The quantitative estimate of drug-likeness (QED) is 0.632. The van der Waals surface area contributed by atoms with Crippen LogP contribution in [-0.2, 0) is 9.53 Å². The predicted molar refractivity (Wildman–Crippen MR) is 65.9 cm³/mol. The molecule has 1 rings (SSSR count). The van der Waals surface area contributed by atoms with Crippen molar-refractivity contribution in [3.63, 3.8) is 0 Å². The van der Waals surface area contributed by atoms with Gasteiger partial charge in [-0.2, -0.15) is 0 Å². The van der Waals surface area contributed by atoms with Gasteiger partial charge < -0.3 is 9.47 Å². The maximum atomic E-state index is 11.0. The van der Waals surface area contributed by atoms with Crippen LogP contribution in [0.25, 0.3) is 0 Å². The van der Waals surface area contributed by atoms with Gasteiger partial charge in [-0.25, -0.2) is 0 Å². The Kier molecular flexibility index (Phi) is 4.87. The zero-order chi connectivity index (χ0) is 11.3. The Morgan fingerprint density at radius 3 is 2.53 bits per heavy atom. The highest BCUT2D eigenvalue weighted by Gasteiger charge is 2.10. The molecule has 0 aromatic heterocycles. The van der Waals surface area contributed by atoms with E-state index in [1.54, 1.807) is 0 Å². The van der Waals surface area contributed by atoms with E-state index in [4.69, 9.17) is 4.74 Å². The van der Waals surface area contributed by atoms with E-state index in [0.29, 0.717) is 0 Å². The van der Waals surface area contributed by atoms with Crippen molar-refractivity contribution in [1.82, 2.24) is 0 Å². The van der Waals surface area contributed by atoms with E-state index in [0.717, 1.165) is 9.32 Å². The zero-order valence-electron chi connectivity index (χ0n) is 8.70. The average Bonchev–Trinajstić information content (AvgIpc) is 2.21. The monoisotopic (exact) mass is 320 g/mol. The number of methoxy groups -OCH3 is 1. The van der Waals surface area contributed by atoms with E-state index >= 15 is 0 Å². The summed E-state index contributed by atoms with van der Waals surface area (Å²) in [5, 5.41) is 0. The second kappa shape index (κ2) is 5.95. The molecule has 1 aromatic rings. The maximum absolute atomic E-state index is 11.0. The highest BCUT2D eigenvalue weighted by atomic mass is 127. The fourth-order valence-corrected chi connectivity index (χ4v) is 1.46. The van der Waals surface area contributed by atoms with Crippen LogP contribution in [0.2, 0.25) is 0 Å². The molecule has 15 heavy (non-hydrogen) atoms. The molecule has 0 heterocycles. The van der Waals surface area contributed by atoms with Crippen LogP contribution in [0.3, 0.4) is 0 Å². The van der Waals surface area contributed by atoms with Crippen LogP contribution in [0.5, 0.6) is 5.75 Å². The minimum Gasteiger partial charge on any atom is -0.490 e. The summed E-state index contributed by atoms with van der Waals surface area (Å²) in [5.41, 5.74) is 0. The van der Waals surface area contributed by atoms with Crippen LogP contribution in [0.1, 0.15) is 13.3 Å². The summed E-state index contributed by atoms with van der Waals surface area (Å²) in [4.78, 5) is 11.0. The molecule has 0 spiro atoms. The van der Waals surface area contributed by atoms with Gasteiger partial charge in [0.25, 0.3) is 0 Å². The van der Waals surface area contributed by atoms with E-state index in [1.807, 2.05) is 31.2 Å². The van der Waals surface area contributed by atoms with Gasteiger partial charge in [-0.1, -0.05) is 0 Å². The molecule has 0 fully saturated rings. The lowest BCUT2D eigenvalue weighted by Gasteiger charge is -2.13. The van der Waals surface area contributed by atoms with Crippen LogP contribution in [0.15, 0.2) is 24.3 Å². The van der Waals surface area contributed by atoms with Gasteiger partial charge in [0, 0.05) is 3.57 Å². The Labute approximate surface area is 103 Å². The number of rotatable bonds is 4. The lowest BCUT2D eigenvalue weighted by Crippen LogP contribution is -2.17. The van der Waals surface area contributed by atoms with E-state index < -0.39 is 0 Å². The number of hydrogen-bond donors (Lipinski definition) is 0. The van der Waals surface area contributed by atoms with Gasteiger partial charge in [0.05, 0.1) is 13.5 Å². The standard InChI is InChI=1S/C11H13IO3/c1-8(7-11(13)14-2)15-10-5-3-9(12)4-6-10/h3-6,8H,7H2,1-2H3. The van der Waals surface area contributed by atoms with Gasteiger partial charge >= 0.3 is 5.97 Å². The molecule has 0 bridgehead atoms. The van der Waals surface area contributed by atoms with Gasteiger partial charge in [-0.05, 0) is 53.8 Å². The number of carbonyl (C=O) groups excluding carboxylic acids is 1. The van der Waals surface area contributed by atoms with Crippen LogP contribution in [0, 0.1) is 3.57 Å². The van der Waals surface area contributed by atoms with Crippen LogP contribution >= 0.6 is 22.6 Å². The number of esters is 1. The maximum Gasteiger partial charge on any atom is 0.309 e. The molecule has 0 aliphatic carbocycles. The number of hydrogen-bond acceptors (Lipinski definition) is 3. The van der Waals surface area contributed by atoms with Gasteiger partial charge in [-0.15, -0.1) is 0 Å². The summed E-state index contributed by atoms with van der Waals surface area (Å²) in [7, 11) is 1.37. The molecule has 0 radical (unpaired) electrons. The fourth-order valence-electron chi connectivity index (χ4n) is 1.11. The molecule has 0 saturated carbocycles. The highest BCUT2D eigenvalue weighted by molar-refractivity contribution is 14.1. The van der Waals surface area contributed by atoms with Crippen molar-refractivity contribution in [3.8, 4) is 5.75 Å². The molecule has 0 saturated heterocycles. The van der Waals surface area contributed by atoms with Gasteiger partial charge in [0.1, 0.15) is 11.9 Å². The summed E-state index contributed by atoms with van der Waals surface area (Å²) in [6, 6.07) is 7.69. The Hall–Kier alpha value is -0.780. The molecule has 0 aliphatic rings. The molecule has 0 N–H and O–H groups in total. The molecule has 82 valence electrons. The second-order valence-corrected chi connectivity index (χ2v) is 4.41. The van der Waals surface area contributed by atoms with E-state index in [9.17, 15) is 4.79 Å². The fraction of sp³-hybridized carbons (Fsp3) is 0.364. The Morgan fingerprint density at radius 2 is 2.00 bits per heavy atom. The molecule has 1 atom stereocenters. The van der Waals surface area contributed by atoms with Crippen molar-refractivity contribution in [2.24, 2.45) is 0 Å². The minimum atomic E-state index is -0.256. The Bertz CT molecular complexity index is 321. The SMILES string of the molecule is COC(=O)CC(C)Oc1ccc(I)cc1. The van der Waals surface area contributed by atoms with Gasteiger partial charge in [0.15, 0.2) is 0 Å². The van der Waals surface area contributed by atoms with Crippen LogP contribution in [0.4, 0.5) is 0 Å². The molecule has 1 aromatic carbocycles. The van der Waals surface area contributed by atoms with Crippen molar-refractivity contribution < 1.29 is 14.3 Å². The third kappa shape index (κ3) is 4.51. The smallest absolute Gasteiger partial charge is 0.309 e. The number of halogens is 1. The first kappa shape index (κ1) is 12.3. The van der Waals surface area contributed by atoms with Crippen molar-refractivity contribution in [1.29, 1.82) is 0 Å².